The Kier molecular flexibility index (Phi) is 18.0. The molecule has 0 aliphatic carbocycles. The molecular weight excluding hydrogens is 882 g/mol. The van der Waals surface area contributed by atoms with Crippen LogP contribution in [0.3, 0.4) is 0 Å². The second-order valence-electron chi connectivity index (χ2n) is 16.7. The summed E-state index contributed by atoms with van der Waals surface area (Å²) >= 11 is 0. The summed E-state index contributed by atoms with van der Waals surface area (Å²) in [6.07, 6.45) is -1.22. The molecule has 0 saturated heterocycles. The third kappa shape index (κ3) is 12.6. The number of rotatable bonds is 13. The van der Waals surface area contributed by atoms with Gasteiger partial charge >= 0.3 is 16.5 Å². The number of carboxylic acid groups (broad SMARTS) is 1. The van der Waals surface area contributed by atoms with Gasteiger partial charge in [-0.3, -0.25) is 19.9 Å². The Morgan fingerprint density at radius 1 is 0.426 bits per heavy atom. The van der Waals surface area contributed by atoms with E-state index in [0.29, 0.717) is 0 Å². The second-order valence-corrected chi connectivity index (χ2v) is 16.7. The Morgan fingerprint density at radius 3 is 0.912 bits per heavy atom. The monoisotopic (exact) mass is 936 g/mol. The molecule has 0 amide bonds. The van der Waals surface area contributed by atoms with Crippen LogP contribution in [0.5, 0.6) is 0 Å². The van der Waals surface area contributed by atoms with Crippen LogP contribution in [-0.2, 0) is 46.5 Å². The van der Waals surface area contributed by atoms with E-state index >= 15 is 0 Å². The first-order chi connectivity index (χ1) is 32.7. The zero-order valence-electron chi connectivity index (χ0n) is 38.6. The molecule has 1 radical (unpaired) electrons. The summed E-state index contributed by atoms with van der Waals surface area (Å²) in [6.45, 7) is 8.39. The van der Waals surface area contributed by atoms with Crippen LogP contribution in [0.1, 0.15) is 45.3 Å². The number of hydrogen-bond acceptors (Lipinski definition) is 7. The largest absolute Gasteiger partial charge is 3.00 e. The maximum absolute atomic E-state index is 11.3. The molecule has 0 aliphatic rings. The zero-order valence-corrected chi connectivity index (χ0v) is 39.6. The second kappa shape index (κ2) is 24.5. The standard InChI is InChI=1S/C24H20B.C21H24N4.C14H12O3.Ni/c1-5-13-21(14-6-1)25(22-15-7-2-8-16-22,23-17-9-3-10-18-23)24-19-11-4-12-20-24;1-16-7-4-10-19(22-16)13-25(14-20-11-5-8-17(2)23-20)15-21-12-6-9-18(3)24-21;15-13(16)14(17,11-7-3-1-4-8-11)12-9-5-2-6-10-12;/h1-20H;4-12H,13-15H2,1-3H3;1-10,17H,(H,15,16);/q-1;;;+3/p-1. The molecule has 341 valence electrons. The van der Waals surface area contributed by atoms with Gasteiger partial charge in [-0.2, -0.15) is 21.9 Å². The molecule has 0 bridgehead atoms. The van der Waals surface area contributed by atoms with Gasteiger partial charge in [0.2, 0.25) is 0 Å². The van der Waals surface area contributed by atoms with E-state index in [2.05, 4.69) is 178 Å². The van der Waals surface area contributed by atoms with Crippen molar-refractivity contribution in [2.24, 2.45) is 0 Å². The number of carboxylic acids is 1. The summed E-state index contributed by atoms with van der Waals surface area (Å²) < 4.78 is 0. The van der Waals surface area contributed by atoms with Gasteiger partial charge in [0.05, 0.1) is 23.1 Å². The van der Waals surface area contributed by atoms with Crippen molar-refractivity contribution in [1.29, 1.82) is 0 Å². The summed E-state index contributed by atoms with van der Waals surface area (Å²) in [5.74, 6) is -1.53. The van der Waals surface area contributed by atoms with Gasteiger partial charge in [-0.15, -0.1) is 0 Å². The molecule has 9 rings (SSSR count). The molecule has 3 aromatic heterocycles. The average Bonchev–Trinajstić information content (AvgIpc) is 3.36. The number of aliphatic hydroxyl groups is 1. The van der Waals surface area contributed by atoms with Gasteiger partial charge in [0, 0.05) is 36.7 Å². The molecular formula is C59H55BN4NiO3+. The number of pyridine rings is 3. The summed E-state index contributed by atoms with van der Waals surface area (Å²) in [5.41, 5.74) is 10.1. The van der Waals surface area contributed by atoms with Crippen LogP contribution in [-0.4, -0.2) is 37.1 Å². The molecule has 0 saturated carbocycles. The normalized spacial score (nSPS) is 11.0. The van der Waals surface area contributed by atoms with E-state index in [-0.39, 0.29) is 27.6 Å². The number of benzene rings is 6. The third-order valence-electron chi connectivity index (χ3n) is 11.9. The number of nitrogens with zero attached hydrogens (tertiary/aromatic N) is 4. The summed E-state index contributed by atoms with van der Waals surface area (Å²) in [7, 11) is 0. The van der Waals surface area contributed by atoms with Gasteiger partial charge in [0.25, 0.3) is 0 Å². The Balaban J connectivity index is 0.000000170. The van der Waals surface area contributed by atoms with Crippen LogP contribution < -0.4 is 27.0 Å². The molecule has 9 heteroatoms. The minimum absolute atomic E-state index is 0. The molecule has 0 unspecified atom stereocenters. The summed E-state index contributed by atoms with van der Waals surface area (Å²) in [6, 6.07) is 78.5. The number of carbonyl (C=O) groups excluding carboxylic acids is 1. The van der Waals surface area contributed by atoms with E-state index in [1.165, 1.54) is 21.9 Å². The van der Waals surface area contributed by atoms with Crippen molar-refractivity contribution in [3.05, 3.63) is 282 Å². The van der Waals surface area contributed by atoms with Gasteiger partial charge in [-0.25, -0.2) is 0 Å². The molecule has 68 heavy (non-hydrogen) atoms. The number of hydrogen-bond donors (Lipinski definition) is 1. The number of carbonyl (C=O) groups is 1. The summed E-state index contributed by atoms with van der Waals surface area (Å²) in [4.78, 5) is 27.5. The van der Waals surface area contributed by atoms with Gasteiger partial charge in [-0.05, 0) is 68.3 Å². The van der Waals surface area contributed by atoms with Crippen molar-refractivity contribution in [1.82, 2.24) is 19.9 Å². The first-order valence-corrected chi connectivity index (χ1v) is 22.6. The van der Waals surface area contributed by atoms with Crippen LogP contribution >= 0.6 is 0 Å². The van der Waals surface area contributed by atoms with Crippen LogP contribution in [0.4, 0.5) is 0 Å². The molecule has 0 fully saturated rings. The quantitative estimate of drug-likeness (QED) is 0.118. The maximum Gasteiger partial charge on any atom is 3.00 e. The van der Waals surface area contributed by atoms with Crippen LogP contribution in [0.2, 0.25) is 0 Å². The third-order valence-corrected chi connectivity index (χ3v) is 11.9. The van der Waals surface area contributed by atoms with Gasteiger partial charge < -0.3 is 15.0 Å². The van der Waals surface area contributed by atoms with E-state index in [1.807, 2.05) is 39.0 Å². The van der Waals surface area contributed by atoms with E-state index in [9.17, 15) is 15.0 Å². The maximum atomic E-state index is 11.3. The first kappa shape index (κ1) is 50.1. The fraction of sp³-hybridized carbons (Fsp3) is 0.119. The summed E-state index contributed by atoms with van der Waals surface area (Å²) in [5, 5.41) is 21.6. The molecule has 0 spiro atoms. The smallest absolute Gasteiger partial charge is 0.546 e. The first-order valence-electron chi connectivity index (χ1n) is 22.6. The Labute approximate surface area is 411 Å². The Hall–Kier alpha value is -7.28. The van der Waals surface area contributed by atoms with E-state index < -0.39 is 17.7 Å². The van der Waals surface area contributed by atoms with Crippen LogP contribution in [0.25, 0.3) is 0 Å². The van der Waals surface area contributed by atoms with Gasteiger partial charge in [0.15, 0.2) is 5.60 Å². The molecule has 0 aliphatic heterocycles. The van der Waals surface area contributed by atoms with E-state index in [4.69, 9.17) is 0 Å². The fourth-order valence-corrected chi connectivity index (χ4v) is 8.80. The van der Waals surface area contributed by atoms with Crippen molar-refractivity contribution in [2.45, 2.75) is 46.0 Å². The molecule has 9 aromatic rings. The average molecular weight is 938 g/mol. The SMILES string of the molecule is Cc1cccc(CN(Cc2cccc(C)n2)Cc2cccc(C)n2)n1.O=C([O-])C(O)(c1ccccc1)c1ccccc1.[Ni+3].c1ccc([B-](c2ccccc2)(c2ccccc2)c2ccccc2)cc1. The predicted octanol–water partition coefficient (Wildman–Crippen LogP) is 7.73. The molecule has 6 aromatic carbocycles. The van der Waals surface area contributed by atoms with Crippen molar-refractivity contribution < 1.29 is 31.5 Å². The molecule has 0 atom stereocenters. The van der Waals surface area contributed by atoms with Crippen molar-refractivity contribution in [2.75, 3.05) is 0 Å². The Bertz CT molecular complexity index is 2600. The topological polar surface area (TPSA) is 102 Å². The van der Waals surface area contributed by atoms with Gasteiger partial charge in [0.1, 0.15) is 6.15 Å². The number of aryl methyl sites for hydroxylation is 3. The fourth-order valence-electron chi connectivity index (χ4n) is 8.80. The number of aliphatic carboxylic acids is 1. The van der Waals surface area contributed by atoms with E-state index in [0.717, 1.165) is 53.8 Å². The molecule has 1 N–H and O–H groups in total. The number of aromatic nitrogens is 3. The van der Waals surface area contributed by atoms with Crippen molar-refractivity contribution in [3.63, 3.8) is 0 Å². The van der Waals surface area contributed by atoms with Crippen LogP contribution in [0.15, 0.2) is 237 Å². The van der Waals surface area contributed by atoms with Crippen LogP contribution in [0, 0.1) is 20.8 Å². The van der Waals surface area contributed by atoms with E-state index in [1.54, 1.807) is 60.7 Å². The zero-order chi connectivity index (χ0) is 46.9. The minimum atomic E-state index is -2.11. The van der Waals surface area contributed by atoms with Crippen molar-refractivity contribution >= 4 is 34.0 Å². The molecule has 3 heterocycles. The Morgan fingerprint density at radius 2 is 0.676 bits per heavy atom. The minimum Gasteiger partial charge on any atom is -0.546 e. The predicted molar refractivity (Wildman–Crippen MR) is 271 cm³/mol. The van der Waals surface area contributed by atoms with Crippen molar-refractivity contribution in [3.8, 4) is 0 Å². The molecule has 7 nitrogen and oxygen atoms in total. The van der Waals surface area contributed by atoms with Gasteiger partial charge in [-0.1, -0.05) is 200 Å².